The lowest BCUT2D eigenvalue weighted by Gasteiger charge is -2.15. The van der Waals surface area contributed by atoms with Crippen LogP contribution in [0.4, 0.5) is 17.6 Å². The van der Waals surface area contributed by atoms with E-state index in [0.29, 0.717) is 11.1 Å². The van der Waals surface area contributed by atoms with E-state index in [1.54, 1.807) is 0 Å². The number of nitrogens with zero attached hydrogens (tertiary/aromatic N) is 2. The molecule has 2 aromatic rings. The van der Waals surface area contributed by atoms with Gasteiger partial charge in [-0.3, -0.25) is 9.36 Å². The van der Waals surface area contributed by atoms with Gasteiger partial charge in [0.15, 0.2) is 0 Å². The van der Waals surface area contributed by atoms with Crippen molar-refractivity contribution in [1.29, 1.82) is 0 Å². The standard InChI is InChI=1S/C17H12Cl2F4N2O4/c1-8(18)3-4-29-15(27)9-5-12(11(20)6-10(9)19)25-14(26)7-13(17(21,22)23)24(2)16(25)28/h3,5-7H,4H2,1-2H3. The molecular weight excluding hydrogens is 443 g/mol. The molecule has 1 aromatic heterocycles. The second-order valence-electron chi connectivity index (χ2n) is 5.72. The maximum atomic E-state index is 14.4. The van der Waals surface area contributed by atoms with Gasteiger partial charge in [-0.25, -0.2) is 18.5 Å². The Balaban J connectivity index is 2.64. The number of carbonyl (C=O) groups is 1. The number of esters is 1. The number of ether oxygens (including phenoxy) is 1. The summed E-state index contributed by atoms with van der Waals surface area (Å²) in [5.74, 6) is -2.23. The average Bonchev–Trinajstić information content (AvgIpc) is 2.58. The molecule has 0 fully saturated rings. The summed E-state index contributed by atoms with van der Waals surface area (Å²) in [5, 5.41) is -0.0527. The number of carbonyl (C=O) groups excluding carboxylic acids is 1. The highest BCUT2D eigenvalue weighted by atomic mass is 35.5. The number of hydrogen-bond donors (Lipinski definition) is 0. The first kappa shape index (κ1) is 22.7. The average molecular weight is 455 g/mol. The molecule has 29 heavy (non-hydrogen) atoms. The second kappa shape index (κ2) is 8.42. The van der Waals surface area contributed by atoms with Crippen LogP contribution in [0.3, 0.4) is 0 Å². The molecule has 1 heterocycles. The van der Waals surface area contributed by atoms with Crippen LogP contribution >= 0.6 is 23.2 Å². The van der Waals surface area contributed by atoms with Gasteiger partial charge < -0.3 is 4.74 Å². The number of benzene rings is 1. The monoisotopic (exact) mass is 454 g/mol. The summed E-state index contributed by atoms with van der Waals surface area (Å²) in [5.41, 5.74) is -5.59. The number of rotatable bonds is 4. The molecule has 2 rings (SSSR count). The van der Waals surface area contributed by atoms with E-state index in [1.807, 2.05) is 0 Å². The minimum Gasteiger partial charge on any atom is -0.458 e. The van der Waals surface area contributed by atoms with Gasteiger partial charge in [0.1, 0.15) is 18.1 Å². The second-order valence-corrected chi connectivity index (χ2v) is 6.72. The zero-order valence-electron chi connectivity index (χ0n) is 14.8. The molecule has 0 spiro atoms. The van der Waals surface area contributed by atoms with Crippen LogP contribution in [0, 0.1) is 5.82 Å². The zero-order chi connectivity index (χ0) is 22.1. The molecule has 0 aliphatic heterocycles. The van der Waals surface area contributed by atoms with Gasteiger partial charge >= 0.3 is 17.8 Å². The van der Waals surface area contributed by atoms with Crippen molar-refractivity contribution < 1.29 is 27.1 Å². The SMILES string of the molecule is CC(Cl)=CCOC(=O)c1cc(-n2c(=O)cc(C(F)(F)F)n(C)c2=O)c(F)cc1Cl. The Bertz CT molecular complexity index is 1120. The van der Waals surface area contributed by atoms with Crippen LogP contribution < -0.4 is 11.2 Å². The quantitative estimate of drug-likeness (QED) is 0.522. The van der Waals surface area contributed by atoms with Gasteiger partial charge in [-0.2, -0.15) is 13.2 Å². The van der Waals surface area contributed by atoms with E-state index >= 15 is 0 Å². The third kappa shape index (κ3) is 4.88. The van der Waals surface area contributed by atoms with Crippen LogP contribution in [-0.4, -0.2) is 21.7 Å². The third-order valence-electron chi connectivity index (χ3n) is 3.69. The molecule has 156 valence electrons. The van der Waals surface area contributed by atoms with Crippen molar-refractivity contribution in [3.05, 3.63) is 72.2 Å². The molecule has 0 amide bonds. The fourth-order valence-corrected chi connectivity index (χ4v) is 2.59. The summed E-state index contributed by atoms with van der Waals surface area (Å²) in [6.07, 6.45) is -3.62. The van der Waals surface area contributed by atoms with E-state index in [2.05, 4.69) is 0 Å². The van der Waals surface area contributed by atoms with Crippen molar-refractivity contribution in [2.75, 3.05) is 6.61 Å². The topological polar surface area (TPSA) is 70.3 Å². The summed E-state index contributed by atoms with van der Waals surface area (Å²) in [6, 6.07) is 1.52. The molecule has 0 bridgehead atoms. The van der Waals surface area contributed by atoms with Gasteiger partial charge in [-0.15, -0.1) is 0 Å². The van der Waals surface area contributed by atoms with Crippen molar-refractivity contribution in [2.45, 2.75) is 13.1 Å². The van der Waals surface area contributed by atoms with Crippen molar-refractivity contribution >= 4 is 29.2 Å². The van der Waals surface area contributed by atoms with E-state index in [0.717, 1.165) is 13.1 Å². The number of alkyl halides is 3. The molecule has 0 saturated heterocycles. The fourth-order valence-electron chi connectivity index (χ4n) is 2.29. The van der Waals surface area contributed by atoms with E-state index in [9.17, 15) is 31.9 Å². The predicted molar refractivity (Wildman–Crippen MR) is 97.1 cm³/mol. The Morgan fingerprint density at radius 3 is 2.41 bits per heavy atom. The van der Waals surface area contributed by atoms with Crippen molar-refractivity contribution in [3.8, 4) is 5.69 Å². The predicted octanol–water partition coefficient (Wildman–Crippen LogP) is 3.65. The van der Waals surface area contributed by atoms with E-state index in [4.69, 9.17) is 27.9 Å². The smallest absolute Gasteiger partial charge is 0.431 e. The van der Waals surface area contributed by atoms with Crippen molar-refractivity contribution in [3.63, 3.8) is 0 Å². The van der Waals surface area contributed by atoms with Crippen LogP contribution in [0.25, 0.3) is 5.69 Å². The number of allylic oxidation sites excluding steroid dienone is 1. The molecule has 0 aliphatic carbocycles. The maximum absolute atomic E-state index is 14.4. The molecular formula is C17H12Cl2F4N2O4. The van der Waals surface area contributed by atoms with E-state index in [1.165, 1.54) is 13.0 Å². The van der Waals surface area contributed by atoms with Gasteiger partial charge in [0.25, 0.3) is 5.56 Å². The molecule has 0 radical (unpaired) electrons. The molecule has 0 unspecified atom stereocenters. The highest BCUT2D eigenvalue weighted by Gasteiger charge is 2.35. The minimum atomic E-state index is -4.98. The number of aromatic nitrogens is 2. The van der Waals surface area contributed by atoms with E-state index in [-0.39, 0.29) is 26.8 Å². The van der Waals surface area contributed by atoms with Crippen molar-refractivity contribution in [1.82, 2.24) is 9.13 Å². The van der Waals surface area contributed by atoms with Crippen LogP contribution in [-0.2, 0) is 18.0 Å². The van der Waals surface area contributed by atoms with Gasteiger partial charge in [0, 0.05) is 18.1 Å². The van der Waals surface area contributed by atoms with Crippen LogP contribution in [0.1, 0.15) is 23.0 Å². The normalized spacial score (nSPS) is 12.2. The Morgan fingerprint density at radius 1 is 1.24 bits per heavy atom. The summed E-state index contributed by atoms with van der Waals surface area (Å²) < 4.78 is 58.4. The molecule has 1 aromatic carbocycles. The lowest BCUT2D eigenvalue weighted by atomic mass is 10.2. The molecule has 0 atom stereocenters. The Labute approximate surface area is 170 Å². The van der Waals surface area contributed by atoms with Crippen LogP contribution in [0.5, 0.6) is 0 Å². The first-order valence-electron chi connectivity index (χ1n) is 7.73. The highest BCUT2D eigenvalue weighted by molar-refractivity contribution is 6.33. The van der Waals surface area contributed by atoms with Crippen LogP contribution in [0.15, 0.2) is 38.9 Å². The number of halogens is 6. The largest absolute Gasteiger partial charge is 0.458 e. The first-order chi connectivity index (χ1) is 13.3. The Morgan fingerprint density at radius 2 is 1.86 bits per heavy atom. The Kier molecular flexibility index (Phi) is 6.59. The third-order valence-corrected chi connectivity index (χ3v) is 4.15. The zero-order valence-corrected chi connectivity index (χ0v) is 16.3. The molecule has 0 aliphatic rings. The van der Waals surface area contributed by atoms with E-state index < -0.39 is 46.2 Å². The van der Waals surface area contributed by atoms with Crippen molar-refractivity contribution in [2.24, 2.45) is 7.05 Å². The molecule has 12 heteroatoms. The lowest BCUT2D eigenvalue weighted by molar-refractivity contribution is -0.144. The van der Waals surface area contributed by atoms with Gasteiger partial charge in [-0.05, 0) is 25.1 Å². The summed E-state index contributed by atoms with van der Waals surface area (Å²) in [6.45, 7) is 1.30. The van der Waals surface area contributed by atoms with Crippen LogP contribution in [0.2, 0.25) is 5.02 Å². The summed E-state index contributed by atoms with van der Waals surface area (Å²) >= 11 is 11.4. The highest BCUT2D eigenvalue weighted by Crippen LogP contribution is 2.27. The first-order valence-corrected chi connectivity index (χ1v) is 8.49. The molecule has 0 N–H and O–H groups in total. The van der Waals surface area contributed by atoms with Gasteiger partial charge in [-0.1, -0.05) is 23.2 Å². The number of hydrogen-bond acceptors (Lipinski definition) is 4. The van der Waals surface area contributed by atoms with Gasteiger partial charge in [0.2, 0.25) is 0 Å². The minimum absolute atomic E-state index is 0.140. The summed E-state index contributed by atoms with van der Waals surface area (Å²) in [7, 11) is 0.769. The molecule has 0 saturated carbocycles. The van der Waals surface area contributed by atoms with Gasteiger partial charge in [0.05, 0.1) is 16.3 Å². The lowest BCUT2D eigenvalue weighted by Crippen LogP contribution is -2.41. The Hall–Kier alpha value is -2.59. The maximum Gasteiger partial charge on any atom is 0.431 e. The summed E-state index contributed by atoms with van der Waals surface area (Å²) in [4.78, 5) is 36.6. The fraction of sp³-hybridized carbons (Fsp3) is 0.235. The molecule has 6 nitrogen and oxygen atoms in total.